The second kappa shape index (κ2) is 9.90. The van der Waals surface area contributed by atoms with E-state index in [-0.39, 0.29) is 11.2 Å². The van der Waals surface area contributed by atoms with Crippen molar-refractivity contribution >= 4 is 17.7 Å². The highest BCUT2D eigenvalue weighted by Crippen LogP contribution is 2.22. The van der Waals surface area contributed by atoms with Crippen LogP contribution in [0.5, 0.6) is 0 Å². The fourth-order valence-electron chi connectivity index (χ4n) is 2.77. The molecule has 1 amide bonds. The Kier molecular flexibility index (Phi) is 7.81. The number of hydrogen-bond acceptors (Lipinski definition) is 3. The van der Waals surface area contributed by atoms with Gasteiger partial charge in [0.2, 0.25) is 5.91 Å². The van der Waals surface area contributed by atoms with Gasteiger partial charge in [0.25, 0.3) is 0 Å². The van der Waals surface area contributed by atoms with Gasteiger partial charge in [0.15, 0.2) is 0 Å². The average Bonchev–Trinajstić information content (AvgIpc) is 2.81. The van der Waals surface area contributed by atoms with Gasteiger partial charge in [0.1, 0.15) is 0 Å². The van der Waals surface area contributed by atoms with E-state index in [1.54, 1.807) is 11.8 Å². The standard InChI is InChI=1S/C18H28N2OS/c1-16(22-17-10-5-4-6-11-17)18(21)19-12-9-15-20-13-7-2-3-8-14-20/h4-6,10-11,16H,2-3,7-9,12-15H2,1H3,(H,19,21)/t16-/m1/s1. The molecule has 1 N–H and O–H groups in total. The van der Waals surface area contributed by atoms with Gasteiger partial charge in [-0.1, -0.05) is 31.0 Å². The molecule has 3 nitrogen and oxygen atoms in total. The van der Waals surface area contributed by atoms with Gasteiger partial charge in [0.05, 0.1) is 5.25 Å². The fraction of sp³-hybridized carbons (Fsp3) is 0.611. The van der Waals surface area contributed by atoms with Crippen LogP contribution in [0.2, 0.25) is 0 Å². The highest BCUT2D eigenvalue weighted by Gasteiger charge is 2.14. The smallest absolute Gasteiger partial charge is 0.233 e. The summed E-state index contributed by atoms with van der Waals surface area (Å²) in [6.07, 6.45) is 6.46. The maximum absolute atomic E-state index is 12.1. The summed E-state index contributed by atoms with van der Waals surface area (Å²) in [5.74, 6) is 0.143. The minimum Gasteiger partial charge on any atom is -0.355 e. The number of benzene rings is 1. The van der Waals surface area contributed by atoms with Crippen LogP contribution in [0.15, 0.2) is 35.2 Å². The van der Waals surface area contributed by atoms with Crippen molar-refractivity contribution in [2.24, 2.45) is 0 Å². The summed E-state index contributed by atoms with van der Waals surface area (Å²) < 4.78 is 0. The van der Waals surface area contributed by atoms with Crippen LogP contribution in [0, 0.1) is 0 Å². The highest BCUT2D eigenvalue weighted by atomic mass is 32.2. The number of nitrogens with zero attached hydrogens (tertiary/aromatic N) is 1. The molecule has 22 heavy (non-hydrogen) atoms. The van der Waals surface area contributed by atoms with Crippen LogP contribution in [0.4, 0.5) is 0 Å². The molecular formula is C18H28N2OS. The monoisotopic (exact) mass is 320 g/mol. The van der Waals surface area contributed by atoms with E-state index < -0.39 is 0 Å². The molecule has 2 rings (SSSR count). The Balaban J connectivity index is 1.60. The lowest BCUT2D eigenvalue weighted by molar-refractivity contribution is -0.120. The van der Waals surface area contributed by atoms with Crippen LogP contribution < -0.4 is 5.32 Å². The molecule has 1 atom stereocenters. The van der Waals surface area contributed by atoms with Crippen LogP contribution in [0.25, 0.3) is 0 Å². The number of likely N-dealkylation sites (tertiary alicyclic amines) is 1. The van der Waals surface area contributed by atoms with E-state index in [2.05, 4.69) is 10.2 Å². The summed E-state index contributed by atoms with van der Waals surface area (Å²) in [4.78, 5) is 15.8. The first kappa shape index (κ1) is 17.4. The molecule has 1 fully saturated rings. The number of rotatable bonds is 7. The van der Waals surface area contributed by atoms with Gasteiger partial charge in [-0.15, -0.1) is 11.8 Å². The van der Waals surface area contributed by atoms with Gasteiger partial charge in [-0.2, -0.15) is 0 Å². The minimum absolute atomic E-state index is 0.0411. The molecule has 122 valence electrons. The van der Waals surface area contributed by atoms with Gasteiger partial charge in [0, 0.05) is 11.4 Å². The van der Waals surface area contributed by atoms with Crippen molar-refractivity contribution in [3.05, 3.63) is 30.3 Å². The molecule has 1 aliphatic heterocycles. The third-order valence-electron chi connectivity index (χ3n) is 4.07. The number of carbonyl (C=O) groups is 1. The summed E-state index contributed by atoms with van der Waals surface area (Å²) in [6.45, 7) is 6.33. The topological polar surface area (TPSA) is 32.3 Å². The van der Waals surface area contributed by atoms with Crippen molar-refractivity contribution in [1.29, 1.82) is 0 Å². The number of carbonyl (C=O) groups excluding carboxylic acids is 1. The quantitative estimate of drug-likeness (QED) is 0.616. The first-order chi connectivity index (χ1) is 10.8. The Morgan fingerprint density at radius 3 is 2.55 bits per heavy atom. The largest absolute Gasteiger partial charge is 0.355 e. The molecule has 0 saturated carbocycles. The first-order valence-electron chi connectivity index (χ1n) is 8.47. The normalized spacial score (nSPS) is 17.7. The Bertz CT molecular complexity index is 430. The van der Waals surface area contributed by atoms with Crippen molar-refractivity contribution in [1.82, 2.24) is 10.2 Å². The SMILES string of the molecule is C[C@@H](Sc1ccccc1)C(=O)NCCCN1CCCCCC1. The van der Waals surface area contributed by atoms with Gasteiger partial charge in [-0.25, -0.2) is 0 Å². The Labute approximate surface area is 138 Å². The first-order valence-corrected chi connectivity index (χ1v) is 9.35. The Hall–Kier alpha value is -1.00. The number of amides is 1. The number of hydrogen-bond donors (Lipinski definition) is 1. The van der Waals surface area contributed by atoms with Crippen LogP contribution in [-0.2, 0) is 4.79 Å². The Morgan fingerprint density at radius 1 is 1.18 bits per heavy atom. The zero-order chi connectivity index (χ0) is 15.6. The van der Waals surface area contributed by atoms with E-state index in [1.807, 2.05) is 37.3 Å². The van der Waals surface area contributed by atoms with Gasteiger partial charge in [-0.3, -0.25) is 4.79 Å². The third-order valence-corrected chi connectivity index (χ3v) is 5.19. The van der Waals surface area contributed by atoms with Crippen molar-refractivity contribution in [2.75, 3.05) is 26.2 Å². The van der Waals surface area contributed by atoms with Crippen LogP contribution >= 0.6 is 11.8 Å². The van der Waals surface area contributed by atoms with Gasteiger partial charge in [-0.05, 0) is 58.0 Å². The molecule has 0 bridgehead atoms. The van der Waals surface area contributed by atoms with Crippen LogP contribution in [0.1, 0.15) is 39.0 Å². The van der Waals surface area contributed by atoms with Crippen LogP contribution in [-0.4, -0.2) is 42.2 Å². The summed E-state index contributed by atoms with van der Waals surface area (Å²) in [7, 11) is 0. The molecule has 1 aliphatic rings. The lowest BCUT2D eigenvalue weighted by Gasteiger charge is -2.19. The van der Waals surface area contributed by atoms with Crippen molar-refractivity contribution in [3.63, 3.8) is 0 Å². The molecule has 1 saturated heterocycles. The molecule has 1 aromatic carbocycles. The van der Waals surface area contributed by atoms with Crippen molar-refractivity contribution in [2.45, 2.75) is 49.2 Å². The lowest BCUT2D eigenvalue weighted by atomic mass is 10.2. The molecule has 0 aromatic heterocycles. The summed E-state index contributed by atoms with van der Waals surface area (Å²) in [5.41, 5.74) is 0. The van der Waals surface area contributed by atoms with E-state index in [4.69, 9.17) is 0 Å². The summed E-state index contributed by atoms with van der Waals surface area (Å²) >= 11 is 1.62. The molecule has 0 radical (unpaired) electrons. The van der Waals surface area contributed by atoms with E-state index in [9.17, 15) is 4.79 Å². The summed E-state index contributed by atoms with van der Waals surface area (Å²) in [5, 5.41) is 3.03. The second-order valence-electron chi connectivity index (χ2n) is 5.97. The van der Waals surface area contributed by atoms with E-state index in [0.717, 1.165) is 24.4 Å². The predicted molar refractivity (Wildman–Crippen MR) is 94.3 cm³/mol. The third kappa shape index (κ3) is 6.41. The van der Waals surface area contributed by atoms with E-state index >= 15 is 0 Å². The zero-order valence-corrected chi connectivity index (χ0v) is 14.4. The number of thioether (sulfide) groups is 1. The maximum Gasteiger partial charge on any atom is 0.233 e. The predicted octanol–water partition coefficient (Wildman–Crippen LogP) is 3.55. The van der Waals surface area contributed by atoms with Gasteiger partial charge < -0.3 is 10.2 Å². The fourth-order valence-corrected chi connectivity index (χ4v) is 3.69. The molecule has 0 unspecified atom stereocenters. The minimum atomic E-state index is -0.0411. The molecular weight excluding hydrogens is 292 g/mol. The molecule has 0 aliphatic carbocycles. The number of nitrogens with one attached hydrogen (secondary N) is 1. The second-order valence-corrected chi connectivity index (χ2v) is 7.39. The lowest BCUT2D eigenvalue weighted by Crippen LogP contribution is -2.34. The van der Waals surface area contributed by atoms with Gasteiger partial charge >= 0.3 is 0 Å². The molecule has 1 aromatic rings. The maximum atomic E-state index is 12.1. The molecule has 0 spiro atoms. The van der Waals surface area contributed by atoms with E-state index in [1.165, 1.54) is 38.8 Å². The highest BCUT2D eigenvalue weighted by molar-refractivity contribution is 8.00. The summed E-state index contributed by atoms with van der Waals surface area (Å²) in [6, 6.07) is 10.1. The average molecular weight is 321 g/mol. The molecule has 1 heterocycles. The van der Waals surface area contributed by atoms with Crippen LogP contribution in [0.3, 0.4) is 0 Å². The van der Waals surface area contributed by atoms with E-state index in [0.29, 0.717) is 0 Å². The zero-order valence-electron chi connectivity index (χ0n) is 13.6. The van der Waals surface area contributed by atoms with Crippen molar-refractivity contribution < 1.29 is 4.79 Å². The Morgan fingerprint density at radius 2 is 1.86 bits per heavy atom. The van der Waals surface area contributed by atoms with Crippen molar-refractivity contribution in [3.8, 4) is 0 Å². The molecule has 4 heteroatoms.